The molecule has 0 fully saturated rings. The summed E-state index contributed by atoms with van der Waals surface area (Å²) in [4.78, 5) is 6.75. The van der Waals surface area contributed by atoms with Crippen LogP contribution in [0.25, 0.3) is 11.1 Å². The summed E-state index contributed by atoms with van der Waals surface area (Å²) in [6.45, 7) is 8.49. The number of oxazole rings is 1. The van der Waals surface area contributed by atoms with Crippen molar-refractivity contribution in [2.45, 2.75) is 33.6 Å². The molecule has 0 saturated heterocycles. The molecule has 19 heavy (non-hydrogen) atoms. The minimum Gasteiger partial charge on any atom is -0.423 e. The molecule has 0 atom stereocenters. The van der Waals surface area contributed by atoms with Gasteiger partial charge in [0.25, 0.3) is 6.01 Å². The third-order valence-electron chi connectivity index (χ3n) is 3.69. The second-order valence-electron chi connectivity index (χ2n) is 4.94. The second-order valence-corrected chi connectivity index (χ2v) is 4.94. The van der Waals surface area contributed by atoms with Crippen LogP contribution in [0.4, 0.5) is 11.7 Å². The minimum atomic E-state index is 0.681. The summed E-state index contributed by atoms with van der Waals surface area (Å²) in [6, 6.07) is 6.29. The lowest BCUT2D eigenvalue weighted by Crippen LogP contribution is -2.29. The Morgan fingerprint density at radius 2 is 2.00 bits per heavy atom. The predicted molar refractivity (Wildman–Crippen MR) is 80.4 cm³/mol. The zero-order valence-corrected chi connectivity index (χ0v) is 12.0. The fraction of sp³-hybridized carbons (Fsp3) is 0.533. The van der Waals surface area contributed by atoms with Crippen molar-refractivity contribution in [3.05, 3.63) is 18.2 Å². The molecule has 0 radical (unpaired) electrons. The Labute approximate surface area is 114 Å². The molecule has 4 nitrogen and oxygen atoms in total. The summed E-state index contributed by atoms with van der Waals surface area (Å²) in [5.41, 5.74) is 8.10. The van der Waals surface area contributed by atoms with Gasteiger partial charge in [-0.05, 0) is 25.0 Å². The monoisotopic (exact) mass is 261 g/mol. The lowest BCUT2D eigenvalue weighted by Gasteiger charge is -2.23. The number of nitrogens with zero attached hydrogens (tertiary/aromatic N) is 2. The maximum absolute atomic E-state index is 5.83. The number of nitrogen functional groups attached to an aromatic ring is 1. The van der Waals surface area contributed by atoms with E-state index in [0.717, 1.165) is 24.2 Å². The van der Waals surface area contributed by atoms with Gasteiger partial charge in [0.2, 0.25) is 0 Å². The van der Waals surface area contributed by atoms with E-state index in [0.29, 0.717) is 17.6 Å². The van der Waals surface area contributed by atoms with Gasteiger partial charge in [-0.2, -0.15) is 4.98 Å². The van der Waals surface area contributed by atoms with Crippen molar-refractivity contribution >= 4 is 22.8 Å². The van der Waals surface area contributed by atoms with E-state index in [9.17, 15) is 0 Å². The second kappa shape index (κ2) is 5.95. The molecule has 1 heterocycles. The van der Waals surface area contributed by atoms with Gasteiger partial charge in [0, 0.05) is 24.8 Å². The summed E-state index contributed by atoms with van der Waals surface area (Å²) < 4.78 is 5.83. The van der Waals surface area contributed by atoms with Gasteiger partial charge in [0.1, 0.15) is 5.52 Å². The first-order valence-electron chi connectivity index (χ1n) is 7.08. The lowest BCUT2D eigenvalue weighted by atomic mass is 10.0. The topological polar surface area (TPSA) is 55.3 Å². The van der Waals surface area contributed by atoms with Gasteiger partial charge in [-0.15, -0.1) is 0 Å². The Morgan fingerprint density at radius 3 is 2.63 bits per heavy atom. The van der Waals surface area contributed by atoms with Crippen LogP contribution in [0.15, 0.2) is 22.6 Å². The molecular weight excluding hydrogens is 238 g/mol. The van der Waals surface area contributed by atoms with Crippen molar-refractivity contribution in [3.8, 4) is 0 Å². The molecule has 0 aliphatic carbocycles. The normalized spacial score (nSPS) is 11.4. The molecule has 0 aliphatic rings. The van der Waals surface area contributed by atoms with Gasteiger partial charge in [0.15, 0.2) is 5.58 Å². The smallest absolute Gasteiger partial charge is 0.298 e. The molecule has 0 spiro atoms. The van der Waals surface area contributed by atoms with Crippen LogP contribution in [0.2, 0.25) is 0 Å². The van der Waals surface area contributed by atoms with Crippen molar-refractivity contribution in [2.75, 3.05) is 23.7 Å². The Balaban J connectivity index is 2.25. The van der Waals surface area contributed by atoms with Crippen LogP contribution in [-0.2, 0) is 0 Å². The molecule has 0 aliphatic heterocycles. The summed E-state index contributed by atoms with van der Waals surface area (Å²) in [5.74, 6) is 0.681. The van der Waals surface area contributed by atoms with E-state index in [2.05, 4.69) is 30.7 Å². The molecule has 1 aromatic heterocycles. The average molecular weight is 261 g/mol. The standard InChI is InChI=1S/C15H23N3O/c1-4-11(5-2)10-18(6-3)15-17-13-8-7-12(16)9-14(13)19-15/h7-9,11H,4-6,10,16H2,1-3H3. The molecule has 104 valence electrons. The third-order valence-corrected chi connectivity index (χ3v) is 3.69. The van der Waals surface area contributed by atoms with E-state index in [4.69, 9.17) is 10.2 Å². The van der Waals surface area contributed by atoms with Crippen molar-refractivity contribution in [1.29, 1.82) is 0 Å². The van der Waals surface area contributed by atoms with Crippen LogP contribution >= 0.6 is 0 Å². The highest BCUT2D eigenvalue weighted by molar-refractivity contribution is 5.78. The summed E-state index contributed by atoms with van der Waals surface area (Å²) >= 11 is 0. The van der Waals surface area contributed by atoms with Crippen molar-refractivity contribution in [1.82, 2.24) is 4.98 Å². The number of fused-ring (bicyclic) bond motifs is 1. The summed E-state index contributed by atoms with van der Waals surface area (Å²) in [6.07, 6.45) is 2.36. The van der Waals surface area contributed by atoms with Gasteiger partial charge in [-0.3, -0.25) is 0 Å². The zero-order chi connectivity index (χ0) is 13.8. The molecule has 1 aromatic carbocycles. The van der Waals surface area contributed by atoms with Gasteiger partial charge in [0.05, 0.1) is 0 Å². The van der Waals surface area contributed by atoms with Gasteiger partial charge < -0.3 is 15.1 Å². The Hall–Kier alpha value is -1.71. The highest BCUT2D eigenvalue weighted by atomic mass is 16.4. The van der Waals surface area contributed by atoms with E-state index in [1.165, 1.54) is 12.8 Å². The lowest BCUT2D eigenvalue weighted by molar-refractivity contribution is 0.463. The number of aromatic nitrogens is 1. The molecule has 0 unspecified atom stereocenters. The van der Waals surface area contributed by atoms with Gasteiger partial charge in [-0.25, -0.2) is 0 Å². The highest BCUT2D eigenvalue weighted by Gasteiger charge is 2.16. The number of nitrogens with two attached hydrogens (primary N) is 1. The first-order chi connectivity index (χ1) is 9.17. The molecule has 0 bridgehead atoms. The van der Waals surface area contributed by atoms with Crippen LogP contribution in [0.3, 0.4) is 0 Å². The first-order valence-corrected chi connectivity index (χ1v) is 7.08. The SMILES string of the molecule is CCC(CC)CN(CC)c1nc2ccc(N)cc2o1. The predicted octanol–water partition coefficient (Wildman–Crippen LogP) is 3.67. The Morgan fingerprint density at radius 1 is 1.26 bits per heavy atom. The van der Waals surface area contributed by atoms with Crippen LogP contribution < -0.4 is 10.6 Å². The van der Waals surface area contributed by atoms with Crippen molar-refractivity contribution < 1.29 is 4.42 Å². The molecule has 2 rings (SSSR count). The molecule has 0 amide bonds. The van der Waals surface area contributed by atoms with E-state index in [-0.39, 0.29) is 0 Å². The maximum atomic E-state index is 5.83. The van der Waals surface area contributed by atoms with Crippen LogP contribution in [0, 0.1) is 5.92 Å². The van der Waals surface area contributed by atoms with Gasteiger partial charge >= 0.3 is 0 Å². The molecular formula is C15H23N3O. The highest BCUT2D eigenvalue weighted by Crippen LogP contribution is 2.25. The molecule has 0 saturated carbocycles. The van der Waals surface area contributed by atoms with Crippen molar-refractivity contribution in [2.24, 2.45) is 5.92 Å². The van der Waals surface area contributed by atoms with Gasteiger partial charge in [-0.1, -0.05) is 26.7 Å². The zero-order valence-electron chi connectivity index (χ0n) is 12.0. The Kier molecular flexibility index (Phi) is 4.30. The number of rotatable bonds is 6. The first kappa shape index (κ1) is 13.7. The van der Waals surface area contributed by atoms with Crippen molar-refractivity contribution in [3.63, 3.8) is 0 Å². The van der Waals surface area contributed by atoms with Crippen LogP contribution in [-0.4, -0.2) is 18.1 Å². The quantitative estimate of drug-likeness (QED) is 0.806. The third kappa shape index (κ3) is 3.00. The fourth-order valence-corrected chi connectivity index (χ4v) is 2.27. The van der Waals surface area contributed by atoms with E-state index >= 15 is 0 Å². The number of benzene rings is 1. The molecule has 2 N–H and O–H groups in total. The Bertz CT molecular complexity index is 531. The molecule has 2 aromatic rings. The maximum Gasteiger partial charge on any atom is 0.298 e. The van der Waals surface area contributed by atoms with Crippen LogP contribution in [0.1, 0.15) is 33.6 Å². The minimum absolute atomic E-state index is 0.681. The summed E-state index contributed by atoms with van der Waals surface area (Å²) in [7, 11) is 0. The summed E-state index contributed by atoms with van der Waals surface area (Å²) in [5, 5.41) is 0. The average Bonchev–Trinajstić information content (AvgIpc) is 2.83. The number of hydrogen-bond donors (Lipinski definition) is 1. The van der Waals surface area contributed by atoms with E-state index < -0.39 is 0 Å². The number of anilines is 2. The number of hydrogen-bond acceptors (Lipinski definition) is 4. The fourth-order valence-electron chi connectivity index (χ4n) is 2.27. The largest absolute Gasteiger partial charge is 0.423 e. The molecule has 4 heteroatoms. The van der Waals surface area contributed by atoms with E-state index in [1.54, 1.807) is 0 Å². The van der Waals surface area contributed by atoms with Crippen LogP contribution in [0.5, 0.6) is 0 Å². The van der Waals surface area contributed by atoms with E-state index in [1.807, 2.05) is 18.2 Å².